The van der Waals surface area contributed by atoms with E-state index in [1.54, 1.807) is 9.80 Å². The smallest absolute Gasteiger partial charge is 0.260 e. The molecule has 0 aliphatic rings. The first kappa shape index (κ1) is 30.4. The van der Waals surface area contributed by atoms with Crippen LogP contribution in [-0.4, -0.2) is 47.9 Å². The van der Waals surface area contributed by atoms with E-state index in [0.717, 1.165) is 32.7 Å². The monoisotopic (exact) mass is 608 g/mol. The summed E-state index contributed by atoms with van der Waals surface area (Å²) in [6, 6.07) is 47.3. The minimum atomic E-state index is -0.157. The van der Waals surface area contributed by atoms with Crippen LogP contribution in [0.1, 0.15) is 11.1 Å². The molecule has 0 saturated heterocycles. The van der Waals surface area contributed by atoms with Crippen molar-refractivity contribution in [3.8, 4) is 11.5 Å². The Hall–Kier alpha value is -5.62. The Balaban J connectivity index is 1.18. The summed E-state index contributed by atoms with van der Waals surface area (Å²) in [5.74, 6) is 1.02. The van der Waals surface area contributed by atoms with E-state index in [9.17, 15) is 9.59 Å². The summed E-state index contributed by atoms with van der Waals surface area (Å²) in [6.07, 6.45) is 0. The minimum absolute atomic E-state index is 0.113. The maximum absolute atomic E-state index is 13.7. The molecule has 0 atom stereocenters. The van der Waals surface area contributed by atoms with Crippen LogP contribution in [0.15, 0.2) is 146 Å². The van der Waals surface area contributed by atoms with Crippen LogP contribution in [0.3, 0.4) is 0 Å². The van der Waals surface area contributed by atoms with Gasteiger partial charge in [-0.05, 0) is 34.0 Å². The predicted octanol–water partition coefficient (Wildman–Crippen LogP) is 7.51. The van der Waals surface area contributed by atoms with E-state index >= 15 is 0 Å². The highest BCUT2D eigenvalue weighted by atomic mass is 16.5. The van der Waals surface area contributed by atoms with Crippen LogP contribution >= 0.6 is 0 Å². The lowest BCUT2D eigenvalue weighted by atomic mass is 10.1. The fraction of sp³-hybridized carbons (Fsp3) is 0.150. The van der Waals surface area contributed by atoms with Crippen LogP contribution in [-0.2, 0) is 22.7 Å². The highest BCUT2D eigenvalue weighted by Gasteiger charge is 2.21. The Kier molecular flexibility index (Phi) is 9.85. The molecule has 0 bridgehead atoms. The third-order valence-corrected chi connectivity index (χ3v) is 7.98. The van der Waals surface area contributed by atoms with Gasteiger partial charge in [0.05, 0.1) is 0 Å². The summed E-state index contributed by atoms with van der Waals surface area (Å²) < 4.78 is 12.2. The molecule has 6 rings (SSSR count). The van der Waals surface area contributed by atoms with E-state index in [1.165, 1.54) is 0 Å². The number of carbonyl (C=O) groups is 2. The zero-order valence-electron chi connectivity index (χ0n) is 25.6. The van der Waals surface area contributed by atoms with Gasteiger partial charge < -0.3 is 19.3 Å². The Morgan fingerprint density at radius 3 is 1.24 bits per heavy atom. The molecule has 6 nitrogen and oxygen atoms in total. The molecule has 6 heteroatoms. The zero-order valence-corrected chi connectivity index (χ0v) is 25.6. The van der Waals surface area contributed by atoms with Crippen molar-refractivity contribution in [3.63, 3.8) is 0 Å². The number of hydrogen-bond acceptors (Lipinski definition) is 4. The Morgan fingerprint density at radius 2 is 0.804 bits per heavy atom. The van der Waals surface area contributed by atoms with E-state index in [1.807, 2.05) is 146 Å². The molecule has 0 spiro atoms. The van der Waals surface area contributed by atoms with Crippen molar-refractivity contribution in [2.45, 2.75) is 13.1 Å². The molecule has 46 heavy (non-hydrogen) atoms. The standard InChI is InChI=1S/C40H36N2O4/c43-39(29-45-37-23-11-19-33-17-7-9-21-35(33)37)41(27-31-13-3-1-4-14-31)25-26-42(28-32-15-5-2-6-16-32)40(44)30-46-38-24-12-20-34-18-8-10-22-36(34)38/h1-24H,25-30H2. The van der Waals surface area contributed by atoms with Gasteiger partial charge >= 0.3 is 0 Å². The fourth-order valence-corrected chi connectivity index (χ4v) is 5.54. The van der Waals surface area contributed by atoms with E-state index in [-0.39, 0.29) is 25.0 Å². The van der Waals surface area contributed by atoms with E-state index in [4.69, 9.17) is 9.47 Å². The molecule has 0 radical (unpaired) electrons. The van der Waals surface area contributed by atoms with Crippen LogP contribution < -0.4 is 9.47 Å². The van der Waals surface area contributed by atoms with Crippen LogP contribution in [0.4, 0.5) is 0 Å². The lowest BCUT2D eigenvalue weighted by Crippen LogP contribution is -2.43. The van der Waals surface area contributed by atoms with Gasteiger partial charge in [-0.15, -0.1) is 0 Å². The molecule has 0 aliphatic carbocycles. The molecule has 0 unspecified atom stereocenters. The number of amides is 2. The fourth-order valence-electron chi connectivity index (χ4n) is 5.54. The second-order valence-corrected chi connectivity index (χ2v) is 11.1. The number of carbonyl (C=O) groups excluding carboxylic acids is 2. The number of rotatable bonds is 13. The average molecular weight is 609 g/mol. The molecule has 2 amide bonds. The molecule has 6 aromatic carbocycles. The summed E-state index contributed by atoms with van der Waals surface area (Å²) >= 11 is 0. The Morgan fingerprint density at radius 1 is 0.435 bits per heavy atom. The van der Waals surface area contributed by atoms with Gasteiger partial charge in [-0.2, -0.15) is 0 Å². The molecule has 0 fully saturated rings. The van der Waals surface area contributed by atoms with Crippen molar-refractivity contribution in [2.24, 2.45) is 0 Å². The van der Waals surface area contributed by atoms with Gasteiger partial charge in [-0.3, -0.25) is 9.59 Å². The Bertz CT molecular complexity index is 1760. The molecule has 230 valence electrons. The van der Waals surface area contributed by atoms with E-state index < -0.39 is 0 Å². The summed E-state index contributed by atoms with van der Waals surface area (Å²) in [5.41, 5.74) is 2.00. The molecule has 0 N–H and O–H groups in total. The van der Waals surface area contributed by atoms with Gasteiger partial charge in [0, 0.05) is 37.0 Å². The Labute approximate surface area is 269 Å². The molecule has 0 heterocycles. The van der Waals surface area contributed by atoms with Crippen molar-refractivity contribution < 1.29 is 19.1 Å². The first-order chi connectivity index (χ1) is 22.6. The van der Waals surface area contributed by atoms with Crippen LogP contribution in [0, 0.1) is 0 Å². The number of hydrogen-bond donors (Lipinski definition) is 0. The maximum Gasteiger partial charge on any atom is 0.260 e. The third-order valence-electron chi connectivity index (χ3n) is 7.98. The maximum atomic E-state index is 13.7. The summed E-state index contributed by atoms with van der Waals surface area (Å²) in [7, 11) is 0. The molecule has 0 saturated carbocycles. The highest BCUT2D eigenvalue weighted by Crippen LogP contribution is 2.26. The summed E-state index contributed by atoms with van der Waals surface area (Å²) in [5, 5.41) is 4.01. The lowest BCUT2D eigenvalue weighted by molar-refractivity contribution is -0.138. The predicted molar refractivity (Wildman–Crippen MR) is 183 cm³/mol. The normalized spacial score (nSPS) is 10.9. The van der Waals surface area contributed by atoms with E-state index in [2.05, 4.69) is 0 Å². The number of nitrogens with zero attached hydrogens (tertiary/aromatic N) is 2. The van der Waals surface area contributed by atoms with Crippen molar-refractivity contribution in [1.29, 1.82) is 0 Å². The minimum Gasteiger partial charge on any atom is -0.483 e. The SMILES string of the molecule is O=C(COc1cccc2ccccc12)N(CCN(Cc1ccccc1)C(=O)COc1cccc2ccccc12)Cc1ccccc1. The quantitative estimate of drug-likeness (QED) is 0.136. The van der Waals surface area contributed by atoms with Crippen molar-refractivity contribution in [1.82, 2.24) is 9.80 Å². The first-order valence-electron chi connectivity index (χ1n) is 15.5. The molecule has 0 aliphatic heterocycles. The summed E-state index contributed by atoms with van der Waals surface area (Å²) in [6.45, 7) is 1.24. The largest absolute Gasteiger partial charge is 0.483 e. The second kappa shape index (κ2) is 14.9. The van der Waals surface area contributed by atoms with Crippen LogP contribution in [0.2, 0.25) is 0 Å². The molecule has 0 aromatic heterocycles. The van der Waals surface area contributed by atoms with Gasteiger partial charge in [0.25, 0.3) is 11.8 Å². The lowest BCUT2D eigenvalue weighted by Gasteiger charge is -2.28. The van der Waals surface area contributed by atoms with E-state index in [0.29, 0.717) is 37.7 Å². The van der Waals surface area contributed by atoms with Crippen molar-refractivity contribution in [2.75, 3.05) is 26.3 Å². The second-order valence-electron chi connectivity index (χ2n) is 11.1. The highest BCUT2D eigenvalue weighted by molar-refractivity contribution is 5.89. The summed E-state index contributed by atoms with van der Waals surface area (Å²) in [4.78, 5) is 30.9. The molecular formula is C40H36N2O4. The number of benzene rings is 6. The van der Waals surface area contributed by atoms with Crippen LogP contribution in [0.5, 0.6) is 11.5 Å². The molecule has 6 aromatic rings. The van der Waals surface area contributed by atoms with Crippen LogP contribution in [0.25, 0.3) is 21.5 Å². The van der Waals surface area contributed by atoms with Crippen molar-refractivity contribution >= 4 is 33.4 Å². The zero-order chi connectivity index (χ0) is 31.6. The van der Waals surface area contributed by atoms with Gasteiger partial charge in [0.15, 0.2) is 13.2 Å². The molecular weight excluding hydrogens is 572 g/mol. The van der Waals surface area contributed by atoms with Gasteiger partial charge in [0.1, 0.15) is 11.5 Å². The van der Waals surface area contributed by atoms with Gasteiger partial charge in [0.2, 0.25) is 0 Å². The van der Waals surface area contributed by atoms with Gasteiger partial charge in [-0.25, -0.2) is 0 Å². The average Bonchev–Trinajstić information content (AvgIpc) is 3.11. The first-order valence-corrected chi connectivity index (χ1v) is 15.5. The van der Waals surface area contributed by atoms with Crippen molar-refractivity contribution in [3.05, 3.63) is 157 Å². The van der Waals surface area contributed by atoms with Gasteiger partial charge in [-0.1, -0.05) is 133 Å². The topological polar surface area (TPSA) is 59.1 Å². The number of ether oxygens (including phenoxy) is 2. The number of fused-ring (bicyclic) bond motifs is 2. The third kappa shape index (κ3) is 7.71.